The molecule has 0 N–H and O–H groups in total. The first-order chi connectivity index (χ1) is 8.15. The van der Waals surface area contributed by atoms with E-state index >= 15 is 0 Å². The largest absolute Gasteiger partial charge is 0.488 e. The number of rotatable bonds is 4. The Hall–Kier alpha value is -0.790. The Kier molecular flexibility index (Phi) is 4.25. The Balaban J connectivity index is 2.06. The van der Waals surface area contributed by atoms with Crippen molar-refractivity contribution in [2.75, 3.05) is 26.5 Å². The van der Waals surface area contributed by atoms with Crippen molar-refractivity contribution < 1.29 is 14.0 Å². The van der Waals surface area contributed by atoms with Gasteiger partial charge in [-0.05, 0) is 31.9 Å². The van der Waals surface area contributed by atoms with Crippen LogP contribution < -0.4 is 9.26 Å². The number of ether oxygens (including phenoxy) is 2. The van der Waals surface area contributed by atoms with Crippen LogP contribution in [-0.4, -0.2) is 32.6 Å². The van der Waals surface area contributed by atoms with Crippen LogP contribution >= 0.6 is 8.15 Å². The van der Waals surface area contributed by atoms with E-state index < -0.39 is 8.15 Å². The van der Waals surface area contributed by atoms with Crippen molar-refractivity contribution in [2.45, 2.75) is 19.4 Å². The quantitative estimate of drug-likeness (QED) is 0.772. The average Bonchev–Trinajstić information content (AvgIpc) is 2.75. The summed E-state index contributed by atoms with van der Waals surface area (Å²) < 4.78 is 17.0. The molecule has 1 saturated heterocycles. The van der Waals surface area contributed by atoms with Gasteiger partial charge in [0.1, 0.15) is 17.6 Å². The maximum Gasteiger partial charge on any atom is 0.129 e. The molecule has 1 aliphatic rings. The lowest BCUT2D eigenvalue weighted by atomic mass is 10.2. The van der Waals surface area contributed by atoms with E-state index in [1.165, 1.54) is 0 Å². The molecule has 1 aliphatic heterocycles. The summed E-state index contributed by atoms with van der Waals surface area (Å²) in [5.41, 5.74) is 1.15. The maximum atomic E-state index is 5.85. The van der Waals surface area contributed by atoms with Gasteiger partial charge in [-0.15, -0.1) is 0 Å². The van der Waals surface area contributed by atoms with Gasteiger partial charge in [-0.25, -0.2) is 0 Å². The minimum absolute atomic E-state index is 0.190. The summed E-state index contributed by atoms with van der Waals surface area (Å²) in [4.78, 5) is 0. The van der Waals surface area contributed by atoms with E-state index in [1.807, 2.05) is 18.2 Å². The smallest absolute Gasteiger partial charge is 0.129 e. The van der Waals surface area contributed by atoms with Crippen molar-refractivity contribution in [1.82, 2.24) is 0 Å². The zero-order valence-corrected chi connectivity index (χ0v) is 11.5. The zero-order valence-electron chi connectivity index (χ0n) is 10.6. The molecule has 0 aromatic heterocycles. The van der Waals surface area contributed by atoms with Crippen molar-refractivity contribution in [3.63, 3.8) is 0 Å². The lowest BCUT2D eigenvalue weighted by Gasteiger charge is -2.16. The molecule has 0 saturated carbocycles. The fraction of sp³-hybridized carbons (Fsp3) is 0.538. The van der Waals surface area contributed by atoms with Crippen LogP contribution in [0.3, 0.4) is 0 Å². The lowest BCUT2D eigenvalue weighted by molar-refractivity contribution is 0.141. The Labute approximate surface area is 104 Å². The predicted octanol–water partition coefficient (Wildman–Crippen LogP) is 3.20. The highest BCUT2D eigenvalue weighted by Crippen LogP contribution is 2.34. The number of hydrogen-bond donors (Lipinski definition) is 0. The summed E-state index contributed by atoms with van der Waals surface area (Å²) in [7, 11) is -0.401. The molecule has 0 amide bonds. The van der Waals surface area contributed by atoms with Gasteiger partial charge in [-0.3, -0.25) is 0 Å². The van der Waals surface area contributed by atoms with Gasteiger partial charge < -0.3 is 14.0 Å². The Morgan fingerprint density at radius 3 is 2.82 bits per heavy atom. The van der Waals surface area contributed by atoms with E-state index in [0.717, 1.165) is 30.1 Å². The van der Waals surface area contributed by atoms with Gasteiger partial charge in [0, 0.05) is 12.5 Å². The molecule has 1 atom stereocenters. The van der Waals surface area contributed by atoms with E-state index in [9.17, 15) is 0 Å². The van der Waals surface area contributed by atoms with E-state index in [1.54, 1.807) is 0 Å². The summed E-state index contributed by atoms with van der Waals surface area (Å²) >= 11 is 0. The molecule has 0 bridgehead atoms. The predicted molar refractivity (Wildman–Crippen MR) is 70.4 cm³/mol. The molecular weight excluding hydrogens is 235 g/mol. The van der Waals surface area contributed by atoms with Crippen LogP contribution in [0.2, 0.25) is 0 Å². The van der Waals surface area contributed by atoms with Crippen molar-refractivity contribution in [3.8, 4) is 11.5 Å². The van der Waals surface area contributed by atoms with Gasteiger partial charge in [0.2, 0.25) is 0 Å². The summed E-state index contributed by atoms with van der Waals surface area (Å²) in [6, 6.07) is 6.02. The van der Waals surface area contributed by atoms with Crippen molar-refractivity contribution in [1.29, 1.82) is 0 Å². The SMILES string of the molecule is Cc1ccc(O[C@H]2CCOC2)cc1OP(C)C. The van der Waals surface area contributed by atoms with Crippen LogP contribution in [0.5, 0.6) is 11.5 Å². The molecule has 0 spiro atoms. The van der Waals surface area contributed by atoms with Crippen molar-refractivity contribution >= 4 is 8.15 Å². The monoisotopic (exact) mass is 254 g/mol. The topological polar surface area (TPSA) is 27.7 Å². The summed E-state index contributed by atoms with van der Waals surface area (Å²) in [5.74, 6) is 1.80. The van der Waals surface area contributed by atoms with Crippen LogP contribution in [0.15, 0.2) is 18.2 Å². The molecule has 0 aliphatic carbocycles. The Bertz CT molecular complexity index is 373. The van der Waals surface area contributed by atoms with Gasteiger partial charge in [-0.1, -0.05) is 6.07 Å². The molecule has 1 heterocycles. The minimum atomic E-state index is -0.401. The first-order valence-corrected chi connectivity index (χ1v) is 8.01. The third kappa shape index (κ3) is 3.58. The molecule has 3 nitrogen and oxygen atoms in total. The summed E-state index contributed by atoms with van der Waals surface area (Å²) in [6.45, 7) is 7.73. The first kappa shape index (κ1) is 12.7. The second-order valence-electron chi connectivity index (χ2n) is 4.43. The standard InChI is InChI=1S/C13H19O3P/c1-10-4-5-11(8-13(10)16-17(2)3)15-12-6-7-14-9-12/h4-5,8,12H,6-7,9H2,1-3H3/t12-/m0/s1. The van der Waals surface area contributed by atoms with Gasteiger partial charge in [-0.2, -0.15) is 0 Å². The van der Waals surface area contributed by atoms with Gasteiger partial charge in [0.05, 0.1) is 21.4 Å². The molecule has 2 rings (SSSR count). The molecule has 17 heavy (non-hydrogen) atoms. The van der Waals surface area contributed by atoms with Crippen LogP contribution in [0.4, 0.5) is 0 Å². The summed E-state index contributed by atoms with van der Waals surface area (Å²) in [6.07, 6.45) is 1.16. The van der Waals surface area contributed by atoms with Gasteiger partial charge in [0.25, 0.3) is 0 Å². The normalized spacial score (nSPS) is 19.6. The number of hydrogen-bond acceptors (Lipinski definition) is 3. The highest BCUT2D eigenvalue weighted by molar-refractivity contribution is 7.51. The van der Waals surface area contributed by atoms with Gasteiger partial charge in [0.15, 0.2) is 0 Å². The molecule has 0 radical (unpaired) electrons. The fourth-order valence-corrected chi connectivity index (χ4v) is 2.34. The van der Waals surface area contributed by atoms with Crippen molar-refractivity contribution in [3.05, 3.63) is 23.8 Å². The van der Waals surface area contributed by atoms with E-state index in [0.29, 0.717) is 6.61 Å². The molecule has 4 heteroatoms. The molecule has 1 fully saturated rings. The van der Waals surface area contributed by atoms with E-state index in [2.05, 4.69) is 20.3 Å². The van der Waals surface area contributed by atoms with Crippen molar-refractivity contribution in [2.24, 2.45) is 0 Å². The lowest BCUT2D eigenvalue weighted by Crippen LogP contribution is -2.15. The Morgan fingerprint density at radius 1 is 1.35 bits per heavy atom. The number of benzene rings is 1. The van der Waals surface area contributed by atoms with Crippen LogP contribution in [0.25, 0.3) is 0 Å². The Morgan fingerprint density at radius 2 is 2.18 bits per heavy atom. The average molecular weight is 254 g/mol. The second kappa shape index (κ2) is 5.70. The van der Waals surface area contributed by atoms with Gasteiger partial charge >= 0.3 is 0 Å². The van der Waals surface area contributed by atoms with Crippen LogP contribution in [-0.2, 0) is 4.74 Å². The van der Waals surface area contributed by atoms with E-state index in [-0.39, 0.29) is 6.10 Å². The fourth-order valence-electron chi connectivity index (χ4n) is 1.75. The molecular formula is C13H19O3P. The molecule has 1 aromatic carbocycles. The van der Waals surface area contributed by atoms with Crippen LogP contribution in [0.1, 0.15) is 12.0 Å². The molecule has 1 aromatic rings. The molecule has 0 unspecified atom stereocenters. The third-order valence-electron chi connectivity index (χ3n) is 2.63. The first-order valence-electron chi connectivity index (χ1n) is 5.85. The maximum absolute atomic E-state index is 5.85. The third-order valence-corrected chi connectivity index (χ3v) is 3.19. The zero-order chi connectivity index (χ0) is 12.3. The molecule has 94 valence electrons. The van der Waals surface area contributed by atoms with Crippen LogP contribution in [0, 0.1) is 6.92 Å². The van der Waals surface area contributed by atoms with E-state index in [4.69, 9.17) is 14.0 Å². The second-order valence-corrected chi connectivity index (χ2v) is 6.24. The summed E-state index contributed by atoms with van der Waals surface area (Å²) in [5, 5.41) is 0. The highest BCUT2D eigenvalue weighted by atomic mass is 31.1. The minimum Gasteiger partial charge on any atom is -0.488 e. The highest BCUT2D eigenvalue weighted by Gasteiger charge is 2.17. The number of aryl methyl sites for hydroxylation is 1.